The van der Waals surface area contributed by atoms with Crippen LogP contribution in [0.3, 0.4) is 0 Å². The summed E-state index contributed by atoms with van der Waals surface area (Å²) in [5.74, 6) is 0. The Morgan fingerprint density at radius 2 is 1.04 bits per heavy atom. The van der Waals surface area contributed by atoms with Crippen molar-refractivity contribution in [2.45, 2.75) is 16.8 Å². The minimum Gasteiger partial charge on any atom is -0.314 e. The molecule has 250 valence electrons. The Balaban J connectivity index is 1.10. The first-order valence-corrected chi connectivity index (χ1v) is 18.9. The first kappa shape index (κ1) is 32.3. The van der Waals surface area contributed by atoms with E-state index in [0.717, 1.165) is 12.1 Å². The zero-order valence-electron chi connectivity index (χ0n) is 29.0. The molecule has 2 aromatic heterocycles. The van der Waals surface area contributed by atoms with Gasteiger partial charge in [0.1, 0.15) is 0 Å². The lowest BCUT2D eigenvalue weighted by molar-refractivity contribution is 0.839. The summed E-state index contributed by atoms with van der Waals surface area (Å²) in [6.45, 7) is 2.17. The van der Waals surface area contributed by atoms with Crippen LogP contribution >= 0.6 is 22.6 Å². The van der Waals surface area contributed by atoms with Gasteiger partial charge in [0.2, 0.25) is 0 Å². The van der Waals surface area contributed by atoms with Crippen LogP contribution in [0, 0.1) is 6.92 Å². The summed E-state index contributed by atoms with van der Waals surface area (Å²) in [4.78, 5) is 0. The molecule has 2 nitrogen and oxygen atoms in total. The molecule has 0 bridgehead atoms. The lowest BCUT2D eigenvalue weighted by atomic mass is 9.79. The fourth-order valence-electron chi connectivity index (χ4n) is 7.91. The van der Waals surface area contributed by atoms with Crippen molar-refractivity contribution in [2.75, 3.05) is 0 Å². The van der Waals surface area contributed by atoms with Gasteiger partial charge in [-0.05, 0) is 95.1 Å². The van der Waals surface area contributed by atoms with Crippen molar-refractivity contribution in [1.29, 1.82) is 0 Å². The van der Waals surface area contributed by atoms with Crippen LogP contribution in [0.15, 0.2) is 194 Å². The number of aromatic nitrogens is 2. The predicted octanol–water partition coefficient (Wildman–Crippen LogP) is 13.5. The topological polar surface area (TPSA) is 9.86 Å². The number of nitrogens with zero attached hydrogens (tertiary/aromatic N) is 2. The fourth-order valence-corrected chi connectivity index (χ4v) is 8.99. The minimum atomic E-state index is -0.225. The molecule has 1 atom stereocenters. The summed E-state index contributed by atoms with van der Waals surface area (Å²) in [5.41, 5.74) is 13.4. The average molecular weight is 781 g/mol. The number of benzene rings is 6. The molecule has 6 aromatic carbocycles. The molecule has 52 heavy (non-hydrogen) atoms. The SMILES string of the molecule is Cc1cccccc2ccccc2n1-c1ccc(-c2ccccc2C2=CC=CC[C@]2(I)c2ccc(-n3c4ccccc4c4ccccc43)cc2)cc1. The van der Waals surface area contributed by atoms with Crippen molar-refractivity contribution in [2.24, 2.45) is 0 Å². The quantitative estimate of drug-likeness (QED) is 0.122. The van der Waals surface area contributed by atoms with Crippen molar-refractivity contribution in [3.63, 3.8) is 0 Å². The van der Waals surface area contributed by atoms with Crippen LogP contribution < -0.4 is 0 Å². The Morgan fingerprint density at radius 1 is 0.500 bits per heavy atom. The van der Waals surface area contributed by atoms with Crippen LogP contribution in [0.4, 0.5) is 0 Å². The van der Waals surface area contributed by atoms with E-state index in [1.807, 2.05) is 0 Å². The first-order chi connectivity index (χ1) is 25.6. The van der Waals surface area contributed by atoms with Crippen molar-refractivity contribution in [1.82, 2.24) is 9.13 Å². The molecule has 0 spiro atoms. The summed E-state index contributed by atoms with van der Waals surface area (Å²) in [6.07, 6.45) is 7.76. The fraction of sp³-hybridized carbons (Fsp3) is 0.0612. The van der Waals surface area contributed by atoms with E-state index >= 15 is 0 Å². The molecule has 1 aliphatic rings. The molecule has 0 fully saturated rings. The lowest BCUT2D eigenvalue weighted by Crippen LogP contribution is -2.21. The second kappa shape index (κ2) is 13.5. The van der Waals surface area contributed by atoms with E-state index in [9.17, 15) is 0 Å². The van der Waals surface area contributed by atoms with Gasteiger partial charge in [0.25, 0.3) is 0 Å². The van der Waals surface area contributed by atoms with E-state index in [-0.39, 0.29) is 3.42 Å². The number of alkyl halides is 1. The molecule has 0 N–H and O–H groups in total. The van der Waals surface area contributed by atoms with Crippen LogP contribution in [0.2, 0.25) is 0 Å². The van der Waals surface area contributed by atoms with E-state index in [4.69, 9.17) is 0 Å². The highest BCUT2D eigenvalue weighted by atomic mass is 127. The largest absolute Gasteiger partial charge is 0.314 e. The van der Waals surface area contributed by atoms with Crippen LogP contribution in [0.1, 0.15) is 23.2 Å². The third-order valence-electron chi connectivity index (χ3n) is 10.4. The van der Waals surface area contributed by atoms with Gasteiger partial charge in [-0.15, -0.1) is 0 Å². The van der Waals surface area contributed by atoms with Gasteiger partial charge in [0.05, 0.1) is 20.0 Å². The second-order valence-corrected chi connectivity index (χ2v) is 15.3. The van der Waals surface area contributed by atoms with Gasteiger partial charge in [-0.25, -0.2) is 0 Å². The molecule has 9 rings (SSSR count). The summed E-state index contributed by atoms with van der Waals surface area (Å²) >= 11 is 2.71. The van der Waals surface area contributed by atoms with Crippen molar-refractivity contribution >= 4 is 60.9 Å². The molecule has 0 radical (unpaired) electrons. The maximum atomic E-state index is 2.71. The van der Waals surface area contributed by atoms with Gasteiger partial charge in [0, 0.05) is 27.8 Å². The number of hydrogen-bond donors (Lipinski definition) is 0. The van der Waals surface area contributed by atoms with Crippen LogP contribution in [-0.4, -0.2) is 9.13 Å². The van der Waals surface area contributed by atoms with E-state index < -0.39 is 0 Å². The van der Waals surface area contributed by atoms with Crippen molar-refractivity contribution < 1.29 is 0 Å². The number of rotatable bonds is 5. The third kappa shape index (κ3) is 5.57. The molecule has 0 amide bonds. The van der Waals surface area contributed by atoms with Crippen LogP contribution in [-0.2, 0) is 3.42 Å². The molecule has 0 saturated heterocycles. The smallest absolute Gasteiger partial charge is 0.0759 e. The van der Waals surface area contributed by atoms with Gasteiger partial charge >= 0.3 is 0 Å². The van der Waals surface area contributed by atoms with E-state index in [1.165, 1.54) is 71.9 Å². The maximum absolute atomic E-state index is 2.71. The lowest BCUT2D eigenvalue weighted by Gasteiger charge is -2.34. The molecule has 0 aliphatic heterocycles. The Labute approximate surface area is 318 Å². The molecule has 8 aromatic rings. The average Bonchev–Trinajstić information content (AvgIpc) is 3.56. The minimum absolute atomic E-state index is 0.225. The van der Waals surface area contributed by atoms with Crippen molar-refractivity contribution in [3.8, 4) is 22.5 Å². The van der Waals surface area contributed by atoms with Gasteiger partial charge in [-0.3, -0.25) is 0 Å². The van der Waals surface area contributed by atoms with Gasteiger partial charge in [-0.1, -0.05) is 168 Å². The predicted molar refractivity (Wildman–Crippen MR) is 229 cm³/mol. The van der Waals surface area contributed by atoms with E-state index in [2.05, 4.69) is 233 Å². The Hall–Kier alpha value is -5.65. The Morgan fingerprint density at radius 3 is 1.75 bits per heavy atom. The van der Waals surface area contributed by atoms with Gasteiger partial charge < -0.3 is 9.13 Å². The van der Waals surface area contributed by atoms with Crippen molar-refractivity contribution in [3.05, 3.63) is 211 Å². The van der Waals surface area contributed by atoms with Crippen LogP contribution in [0.25, 0.3) is 60.8 Å². The first-order valence-electron chi connectivity index (χ1n) is 17.9. The second-order valence-electron chi connectivity index (χ2n) is 13.5. The van der Waals surface area contributed by atoms with Gasteiger partial charge in [0.15, 0.2) is 0 Å². The molecule has 0 unspecified atom stereocenters. The highest BCUT2D eigenvalue weighted by Crippen LogP contribution is 2.51. The summed E-state index contributed by atoms with van der Waals surface area (Å²) in [6, 6.07) is 63.9. The summed E-state index contributed by atoms with van der Waals surface area (Å²) in [7, 11) is 0. The normalized spacial score (nSPS) is 15.5. The maximum Gasteiger partial charge on any atom is 0.0759 e. The van der Waals surface area contributed by atoms with Crippen LogP contribution in [0.5, 0.6) is 0 Å². The van der Waals surface area contributed by atoms with E-state index in [1.54, 1.807) is 0 Å². The Bertz CT molecular complexity index is 2670. The molecule has 3 heteroatoms. The molecule has 1 aliphatic carbocycles. The number of fused-ring (bicyclic) bond motifs is 4. The highest BCUT2D eigenvalue weighted by molar-refractivity contribution is 14.1. The molecular formula is C49H37IN2. The zero-order valence-corrected chi connectivity index (χ0v) is 31.1. The number of allylic oxidation sites excluding steroid dienone is 4. The molecule has 0 saturated carbocycles. The number of hydrogen-bond acceptors (Lipinski definition) is 0. The zero-order chi connectivity index (χ0) is 35.1. The molecular weight excluding hydrogens is 743 g/mol. The highest BCUT2D eigenvalue weighted by Gasteiger charge is 2.35. The summed E-state index contributed by atoms with van der Waals surface area (Å²) in [5, 5.41) is 3.75. The molecule has 2 heterocycles. The standard InChI is InChI=1S/C49H37IN2/c1-35-15-3-2-4-16-37-17-5-10-23-46(37)51(35)39-30-26-36(27-31-39)41-18-6-7-19-42(41)45-22-13-14-34-49(45,50)38-28-32-40(33-29-38)52-47-24-11-8-20-43(47)44-21-9-12-25-48(44)52/h2-33H,34H2,1H3/t49-/m0/s1. The number of halogens is 1. The van der Waals surface area contributed by atoms with Gasteiger partial charge in [-0.2, -0.15) is 0 Å². The summed E-state index contributed by atoms with van der Waals surface area (Å²) < 4.78 is 4.51. The Kier molecular flexibility index (Phi) is 8.36. The third-order valence-corrected chi connectivity index (χ3v) is 12.1. The number of aryl methyl sites for hydroxylation is 1. The van der Waals surface area contributed by atoms with E-state index in [0.29, 0.717) is 0 Å². The number of para-hydroxylation sites is 3. The monoisotopic (exact) mass is 780 g/mol.